The molecule has 1 fully saturated rings. The molecule has 5 rings (SSSR count). The first-order chi connectivity index (χ1) is 20.2. The first kappa shape index (κ1) is 30.2. The highest BCUT2D eigenvalue weighted by Gasteiger charge is 2.34. The largest absolute Gasteiger partial charge is 0.355 e. The van der Waals surface area contributed by atoms with Crippen LogP contribution in [0.5, 0.6) is 0 Å². The van der Waals surface area contributed by atoms with Gasteiger partial charge in [-0.1, -0.05) is 24.2 Å². The molecule has 0 bridgehead atoms. The average Bonchev–Trinajstić information content (AvgIpc) is 2.93. The molecule has 10 nitrogen and oxygen atoms in total. The lowest BCUT2D eigenvalue weighted by molar-refractivity contribution is -0.128. The van der Waals surface area contributed by atoms with E-state index in [9.17, 15) is 22.4 Å². The summed E-state index contributed by atoms with van der Waals surface area (Å²) in [5, 5.41) is -0.479. The lowest BCUT2D eigenvalue weighted by Gasteiger charge is -2.44. The molecule has 1 saturated heterocycles. The van der Waals surface area contributed by atoms with E-state index in [-0.39, 0.29) is 64.2 Å². The third kappa shape index (κ3) is 5.27. The smallest absolute Gasteiger partial charge is 0.349 e. The molecule has 1 aliphatic rings. The van der Waals surface area contributed by atoms with Crippen LogP contribution in [0.3, 0.4) is 0 Å². The first-order valence-corrected chi connectivity index (χ1v) is 15.4. The van der Waals surface area contributed by atoms with Crippen molar-refractivity contribution >= 4 is 44.2 Å². The number of piperazine rings is 1. The zero-order valence-corrected chi connectivity index (χ0v) is 25.2. The molecule has 0 spiro atoms. The molecular formula is C29H27ClF2N6O4S. The summed E-state index contributed by atoms with van der Waals surface area (Å²) in [6, 6.07) is 5.70. The predicted molar refractivity (Wildman–Crippen MR) is 159 cm³/mol. The van der Waals surface area contributed by atoms with Crippen molar-refractivity contribution in [3.8, 4) is 16.9 Å². The van der Waals surface area contributed by atoms with E-state index in [1.54, 1.807) is 16.7 Å². The van der Waals surface area contributed by atoms with Crippen LogP contribution in [0.15, 0.2) is 59.0 Å². The van der Waals surface area contributed by atoms with Gasteiger partial charge in [0, 0.05) is 37.6 Å². The number of aromatic nitrogens is 4. The lowest BCUT2D eigenvalue weighted by Crippen LogP contribution is -2.58. The van der Waals surface area contributed by atoms with Crippen LogP contribution < -0.4 is 10.6 Å². The average molecular weight is 629 g/mol. The van der Waals surface area contributed by atoms with Gasteiger partial charge < -0.3 is 9.80 Å². The molecule has 14 heteroatoms. The number of halogens is 3. The predicted octanol–water partition coefficient (Wildman–Crippen LogP) is 4.10. The summed E-state index contributed by atoms with van der Waals surface area (Å²) in [6.07, 6.45) is 3.45. The van der Waals surface area contributed by atoms with Crippen molar-refractivity contribution in [2.45, 2.75) is 37.9 Å². The number of nitrogens with zero attached hydrogens (tertiary/aromatic N) is 6. The van der Waals surface area contributed by atoms with Crippen LogP contribution in [-0.2, 0) is 14.6 Å². The van der Waals surface area contributed by atoms with Crippen molar-refractivity contribution in [1.29, 1.82) is 0 Å². The van der Waals surface area contributed by atoms with E-state index < -0.39 is 37.9 Å². The zero-order chi connectivity index (χ0) is 31.4. The van der Waals surface area contributed by atoms with Crippen LogP contribution in [0, 0.1) is 18.6 Å². The summed E-state index contributed by atoms with van der Waals surface area (Å²) in [6.45, 7) is 9.26. The number of sulfone groups is 1. The summed E-state index contributed by atoms with van der Waals surface area (Å²) >= 11 is 6.26. The Morgan fingerprint density at radius 2 is 1.84 bits per heavy atom. The number of carbonyl (C=O) groups is 1. The fourth-order valence-electron chi connectivity index (χ4n) is 5.34. The molecule has 0 saturated carbocycles. The van der Waals surface area contributed by atoms with Crippen LogP contribution in [0.25, 0.3) is 28.0 Å². The Balaban J connectivity index is 1.87. The molecule has 2 atom stereocenters. The maximum absolute atomic E-state index is 15.9. The van der Waals surface area contributed by atoms with E-state index in [1.165, 1.54) is 30.5 Å². The molecule has 0 unspecified atom stereocenters. The van der Waals surface area contributed by atoms with Crippen LogP contribution in [0.1, 0.15) is 19.4 Å². The number of pyridine rings is 2. The van der Waals surface area contributed by atoms with Gasteiger partial charge in [0.15, 0.2) is 26.3 Å². The number of rotatable bonds is 5. The minimum absolute atomic E-state index is 0.0542. The SMILES string of the molecule is C=CC(=O)N1C[C@H](C)N(c2nc(=O)n(-c3c(C)ccnc3S(C)(=O)=O)c3nc(-c4c(F)cccc4Cl)c(F)cc23)C[C@@H]1C. The standard InChI is InChI=1S/C29H27ClF2N6O4S/c1-6-22(39)36-13-17(4)37(14-16(36)3)26-18-12-21(32)24(23-19(30)8-7-9-20(23)31)34-27(18)38(29(40)35-26)25-15(2)10-11-33-28(25)43(5,41)42/h6-12,16-17H,1,13-14H2,2-5H3/t16-,17-/m0/s1. The van der Waals surface area contributed by atoms with E-state index in [2.05, 4.69) is 21.5 Å². The highest BCUT2D eigenvalue weighted by atomic mass is 35.5. The number of hydrogen-bond acceptors (Lipinski definition) is 8. The van der Waals surface area contributed by atoms with Gasteiger partial charge in [-0.25, -0.2) is 36.5 Å². The number of anilines is 1. The van der Waals surface area contributed by atoms with Crippen LogP contribution >= 0.6 is 11.6 Å². The third-order valence-corrected chi connectivity index (χ3v) is 8.70. The Labute approximate surface area is 251 Å². The molecule has 224 valence electrons. The van der Waals surface area contributed by atoms with E-state index in [4.69, 9.17) is 11.6 Å². The zero-order valence-electron chi connectivity index (χ0n) is 23.7. The maximum Gasteiger partial charge on any atom is 0.355 e. The van der Waals surface area contributed by atoms with Crippen LogP contribution in [0.2, 0.25) is 5.02 Å². The van der Waals surface area contributed by atoms with Crippen molar-refractivity contribution in [2.75, 3.05) is 24.2 Å². The summed E-state index contributed by atoms with van der Waals surface area (Å²) in [4.78, 5) is 42.4. The summed E-state index contributed by atoms with van der Waals surface area (Å²) in [7, 11) is -3.97. The highest BCUT2D eigenvalue weighted by molar-refractivity contribution is 7.90. The normalized spacial score (nSPS) is 17.4. The van der Waals surface area contributed by atoms with E-state index in [1.807, 2.05) is 13.8 Å². The Bertz CT molecular complexity index is 1960. The Morgan fingerprint density at radius 1 is 1.12 bits per heavy atom. The van der Waals surface area contributed by atoms with Gasteiger partial charge in [-0.3, -0.25) is 4.79 Å². The summed E-state index contributed by atoms with van der Waals surface area (Å²) in [5.74, 6) is -1.98. The molecule has 1 aromatic carbocycles. The molecule has 0 N–H and O–H groups in total. The van der Waals surface area contributed by atoms with Gasteiger partial charge in [0.05, 0.1) is 21.7 Å². The minimum atomic E-state index is -3.97. The molecule has 4 heterocycles. The molecule has 1 amide bonds. The number of benzene rings is 1. The minimum Gasteiger partial charge on any atom is -0.349 e. The lowest BCUT2D eigenvalue weighted by atomic mass is 10.1. The molecule has 1 aliphatic heterocycles. The van der Waals surface area contributed by atoms with Crippen molar-refractivity contribution in [1.82, 2.24) is 24.4 Å². The van der Waals surface area contributed by atoms with Crippen molar-refractivity contribution in [2.24, 2.45) is 0 Å². The van der Waals surface area contributed by atoms with Gasteiger partial charge in [0.1, 0.15) is 17.3 Å². The second-order valence-corrected chi connectivity index (χ2v) is 12.8. The number of carbonyl (C=O) groups excluding carboxylic acids is 1. The Hall–Kier alpha value is -4.23. The first-order valence-electron chi connectivity index (χ1n) is 13.2. The van der Waals surface area contributed by atoms with Gasteiger partial charge in [-0.2, -0.15) is 4.98 Å². The molecule has 43 heavy (non-hydrogen) atoms. The third-order valence-electron chi connectivity index (χ3n) is 7.38. The Morgan fingerprint density at radius 3 is 2.49 bits per heavy atom. The maximum atomic E-state index is 15.9. The van der Waals surface area contributed by atoms with Crippen molar-refractivity contribution in [3.63, 3.8) is 0 Å². The quantitative estimate of drug-likeness (QED) is 0.303. The van der Waals surface area contributed by atoms with E-state index >= 15 is 4.39 Å². The summed E-state index contributed by atoms with van der Waals surface area (Å²) < 4.78 is 57.4. The molecule has 0 aliphatic carbocycles. The number of fused-ring (bicyclic) bond motifs is 1. The molecule has 0 radical (unpaired) electrons. The van der Waals surface area contributed by atoms with Gasteiger partial charge >= 0.3 is 5.69 Å². The monoisotopic (exact) mass is 628 g/mol. The molecular weight excluding hydrogens is 602 g/mol. The van der Waals surface area contributed by atoms with Crippen LogP contribution in [0.4, 0.5) is 14.6 Å². The number of hydrogen-bond donors (Lipinski definition) is 0. The highest BCUT2D eigenvalue weighted by Crippen LogP contribution is 2.36. The topological polar surface area (TPSA) is 118 Å². The fourth-order valence-corrected chi connectivity index (χ4v) is 6.45. The van der Waals surface area contributed by atoms with Gasteiger partial charge in [0.2, 0.25) is 5.91 Å². The summed E-state index contributed by atoms with van der Waals surface area (Å²) in [5.41, 5.74) is -1.68. The van der Waals surface area contributed by atoms with Gasteiger partial charge in [0.25, 0.3) is 0 Å². The molecule has 3 aromatic heterocycles. The van der Waals surface area contributed by atoms with Crippen molar-refractivity contribution in [3.05, 3.63) is 81.9 Å². The van der Waals surface area contributed by atoms with E-state index in [0.717, 1.165) is 23.0 Å². The second kappa shape index (κ2) is 11.1. The number of amides is 1. The fraction of sp³-hybridized carbons (Fsp3) is 0.276. The Kier molecular flexibility index (Phi) is 7.82. The second-order valence-electron chi connectivity index (χ2n) is 10.4. The molecule has 4 aromatic rings. The van der Waals surface area contributed by atoms with Gasteiger partial charge in [-0.15, -0.1) is 0 Å². The van der Waals surface area contributed by atoms with Crippen LogP contribution in [-0.4, -0.2) is 70.2 Å². The number of aryl methyl sites for hydroxylation is 1. The van der Waals surface area contributed by atoms with Crippen molar-refractivity contribution < 1.29 is 22.0 Å². The van der Waals surface area contributed by atoms with E-state index in [0.29, 0.717) is 5.56 Å². The van der Waals surface area contributed by atoms with Gasteiger partial charge in [-0.05, 0) is 56.7 Å².